The SMILES string of the molecule is Cc1ccc(Nc2ncnc(OC3CCCCC3)c2[N+](=O)[O-])c(C)c1. The Kier molecular flexibility index (Phi) is 5.11. The van der Waals surface area contributed by atoms with E-state index in [1.165, 1.54) is 12.7 Å². The Morgan fingerprint density at radius 1 is 1.20 bits per heavy atom. The number of rotatable bonds is 5. The van der Waals surface area contributed by atoms with Gasteiger partial charge in [0.05, 0.1) is 4.92 Å². The lowest BCUT2D eigenvalue weighted by molar-refractivity contribution is -0.385. The van der Waals surface area contributed by atoms with Crippen molar-refractivity contribution in [2.45, 2.75) is 52.1 Å². The zero-order valence-electron chi connectivity index (χ0n) is 14.5. The molecule has 1 fully saturated rings. The molecule has 7 heteroatoms. The fourth-order valence-corrected chi connectivity index (χ4v) is 3.13. The molecule has 1 aromatic carbocycles. The van der Waals surface area contributed by atoms with Crippen LogP contribution in [0.1, 0.15) is 43.2 Å². The maximum absolute atomic E-state index is 11.6. The molecule has 1 aliphatic rings. The number of nitrogens with one attached hydrogen (secondary N) is 1. The Hall–Kier alpha value is -2.70. The summed E-state index contributed by atoms with van der Waals surface area (Å²) < 4.78 is 5.84. The van der Waals surface area contributed by atoms with Crippen molar-refractivity contribution in [3.63, 3.8) is 0 Å². The van der Waals surface area contributed by atoms with Crippen molar-refractivity contribution >= 4 is 17.2 Å². The molecule has 0 bridgehead atoms. The summed E-state index contributed by atoms with van der Waals surface area (Å²) in [7, 11) is 0. The predicted molar refractivity (Wildman–Crippen MR) is 95.4 cm³/mol. The Balaban J connectivity index is 1.90. The second-order valence-corrected chi connectivity index (χ2v) is 6.45. The average Bonchev–Trinajstić information content (AvgIpc) is 2.58. The van der Waals surface area contributed by atoms with Crippen molar-refractivity contribution in [1.82, 2.24) is 9.97 Å². The van der Waals surface area contributed by atoms with Crippen LogP contribution >= 0.6 is 0 Å². The van der Waals surface area contributed by atoms with Crippen molar-refractivity contribution in [3.8, 4) is 5.88 Å². The lowest BCUT2D eigenvalue weighted by Crippen LogP contribution is -2.21. The largest absolute Gasteiger partial charge is 0.469 e. The number of aryl methyl sites for hydroxylation is 2. The van der Waals surface area contributed by atoms with E-state index < -0.39 is 4.92 Å². The molecule has 7 nitrogen and oxygen atoms in total. The average molecular weight is 342 g/mol. The van der Waals surface area contributed by atoms with Crippen LogP contribution in [0.4, 0.5) is 17.2 Å². The summed E-state index contributed by atoms with van der Waals surface area (Å²) in [5, 5.41) is 14.7. The van der Waals surface area contributed by atoms with E-state index in [9.17, 15) is 10.1 Å². The van der Waals surface area contributed by atoms with Gasteiger partial charge in [-0.25, -0.2) is 4.98 Å². The number of nitrogens with zero attached hydrogens (tertiary/aromatic N) is 3. The Bertz CT molecular complexity index is 773. The Morgan fingerprint density at radius 3 is 2.64 bits per heavy atom. The van der Waals surface area contributed by atoms with Crippen LogP contribution in [-0.4, -0.2) is 21.0 Å². The zero-order valence-corrected chi connectivity index (χ0v) is 14.5. The molecule has 25 heavy (non-hydrogen) atoms. The van der Waals surface area contributed by atoms with Gasteiger partial charge in [-0.15, -0.1) is 0 Å². The first-order chi connectivity index (χ1) is 12.0. The Morgan fingerprint density at radius 2 is 1.96 bits per heavy atom. The molecule has 1 aliphatic carbocycles. The van der Waals surface area contributed by atoms with Gasteiger partial charge in [-0.2, -0.15) is 4.98 Å². The molecule has 0 unspecified atom stereocenters. The van der Waals surface area contributed by atoms with Gasteiger partial charge in [0.25, 0.3) is 5.88 Å². The molecule has 0 atom stereocenters. The van der Waals surface area contributed by atoms with Crippen LogP contribution in [0, 0.1) is 24.0 Å². The van der Waals surface area contributed by atoms with E-state index in [-0.39, 0.29) is 23.5 Å². The summed E-state index contributed by atoms with van der Waals surface area (Å²) in [6.45, 7) is 3.95. The van der Waals surface area contributed by atoms with E-state index >= 15 is 0 Å². The van der Waals surface area contributed by atoms with Crippen molar-refractivity contribution in [3.05, 3.63) is 45.8 Å². The van der Waals surface area contributed by atoms with Crippen molar-refractivity contribution in [1.29, 1.82) is 0 Å². The highest BCUT2D eigenvalue weighted by Gasteiger charge is 2.27. The number of hydrogen-bond donors (Lipinski definition) is 1. The van der Waals surface area contributed by atoms with E-state index in [0.29, 0.717) is 0 Å². The molecule has 132 valence electrons. The fourth-order valence-electron chi connectivity index (χ4n) is 3.13. The highest BCUT2D eigenvalue weighted by Crippen LogP contribution is 2.35. The predicted octanol–water partition coefficient (Wildman–Crippen LogP) is 4.46. The van der Waals surface area contributed by atoms with Crippen molar-refractivity contribution in [2.75, 3.05) is 5.32 Å². The fraction of sp³-hybridized carbons (Fsp3) is 0.444. The molecule has 1 saturated carbocycles. The third kappa shape index (κ3) is 4.04. The normalized spacial score (nSPS) is 15.0. The minimum atomic E-state index is -0.482. The summed E-state index contributed by atoms with van der Waals surface area (Å²) in [5.74, 6) is 0.192. The topological polar surface area (TPSA) is 90.2 Å². The van der Waals surface area contributed by atoms with Gasteiger partial charge in [0.1, 0.15) is 12.4 Å². The second-order valence-electron chi connectivity index (χ2n) is 6.45. The van der Waals surface area contributed by atoms with E-state index in [1.807, 2.05) is 32.0 Å². The van der Waals surface area contributed by atoms with Crippen LogP contribution in [0.5, 0.6) is 5.88 Å². The van der Waals surface area contributed by atoms with E-state index in [2.05, 4.69) is 15.3 Å². The van der Waals surface area contributed by atoms with Gasteiger partial charge in [-0.1, -0.05) is 24.1 Å². The first-order valence-corrected chi connectivity index (χ1v) is 8.55. The number of ether oxygens (including phenoxy) is 1. The molecule has 2 aromatic rings. The number of benzene rings is 1. The monoisotopic (exact) mass is 342 g/mol. The van der Waals surface area contributed by atoms with Gasteiger partial charge in [0.2, 0.25) is 5.82 Å². The third-order valence-electron chi connectivity index (χ3n) is 4.44. The molecule has 0 spiro atoms. The van der Waals surface area contributed by atoms with Gasteiger partial charge in [-0.05, 0) is 51.2 Å². The maximum atomic E-state index is 11.6. The van der Waals surface area contributed by atoms with Crippen LogP contribution in [0.25, 0.3) is 0 Å². The maximum Gasteiger partial charge on any atom is 0.373 e. The second kappa shape index (κ2) is 7.46. The number of hydrogen-bond acceptors (Lipinski definition) is 6. The molecule has 3 rings (SSSR count). The number of nitro groups is 1. The van der Waals surface area contributed by atoms with Crippen LogP contribution in [-0.2, 0) is 0 Å². The minimum absolute atomic E-state index is 0.0173. The van der Waals surface area contributed by atoms with E-state index in [0.717, 1.165) is 42.5 Å². The number of aromatic nitrogens is 2. The van der Waals surface area contributed by atoms with Gasteiger partial charge in [-0.3, -0.25) is 10.1 Å². The molecular formula is C18H22N4O3. The van der Waals surface area contributed by atoms with Gasteiger partial charge in [0, 0.05) is 5.69 Å². The van der Waals surface area contributed by atoms with Crippen LogP contribution < -0.4 is 10.1 Å². The quantitative estimate of drug-likeness (QED) is 0.637. The minimum Gasteiger partial charge on any atom is -0.469 e. The molecule has 0 saturated heterocycles. The first kappa shape index (κ1) is 17.1. The van der Waals surface area contributed by atoms with Crippen LogP contribution in [0.15, 0.2) is 24.5 Å². The molecule has 1 aromatic heterocycles. The zero-order chi connectivity index (χ0) is 17.8. The summed E-state index contributed by atoms with van der Waals surface area (Å²) in [5.41, 5.74) is 2.67. The summed E-state index contributed by atoms with van der Waals surface area (Å²) in [6, 6.07) is 5.84. The van der Waals surface area contributed by atoms with Gasteiger partial charge < -0.3 is 10.1 Å². The summed E-state index contributed by atoms with van der Waals surface area (Å²) in [4.78, 5) is 19.2. The van der Waals surface area contributed by atoms with Gasteiger partial charge >= 0.3 is 5.69 Å². The Labute approximate surface area is 146 Å². The molecule has 0 radical (unpaired) electrons. The summed E-state index contributed by atoms with van der Waals surface area (Å²) in [6.07, 6.45) is 6.44. The molecule has 0 aliphatic heterocycles. The lowest BCUT2D eigenvalue weighted by Gasteiger charge is -2.22. The van der Waals surface area contributed by atoms with E-state index in [4.69, 9.17) is 4.74 Å². The van der Waals surface area contributed by atoms with Crippen LogP contribution in [0.2, 0.25) is 0 Å². The molecule has 1 N–H and O–H groups in total. The number of anilines is 2. The third-order valence-corrected chi connectivity index (χ3v) is 4.44. The first-order valence-electron chi connectivity index (χ1n) is 8.55. The molecule has 0 amide bonds. The van der Waals surface area contributed by atoms with Crippen LogP contribution in [0.3, 0.4) is 0 Å². The van der Waals surface area contributed by atoms with E-state index in [1.54, 1.807) is 0 Å². The highest BCUT2D eigenvalue weighted by atomic mass is 16.6. The lowest BCUT2D eigenvalue weighted by atomic mass is 9.98. The summed E-state index contributed by atoms with van der Waals surface area (Å²) >= 11 is 0. The molecule has 1 heterocycles. The standard InChI is InChI=1S/C18H22N4O3/c1-12-8-9-15(13(2)10-12)21-17-16(22(23)24)18(20-11-19-17)25-14-6-4-3-5-7-14/h8-11,14H,3-7H2,1-2H3,(H,19,20,21). The highest BCUT2D eigenvalue weighted by molar-refractivity contribution is 5.70. The van der Waals surface area contributed by atoms with Crippen molar-refractivity contribution < 1.29 is 9.66 Å². The van der Waals surface area contributed by atoms with Crippen molar-refractivity contribution in [2.24, 2.45) is 0 Å². The smallest absolute Gasteiger partial charge is 0.373 e. The molecular weight excluding hydrogens is 320 g/mol. The van der Waals surface area contributed by atoms with Gasteiger partial charge in [0.15, 0.2) is 0 Å².